The van der Waals surface area contributed by atoms with Gasteiger partial charge in [-0.1, -0.05) is 25.0 Å². The van der Waals surface area contributed by atoms with Crippen LogP contribution in [0.4, 0.5) is 4.39 Å². The molecule has 0 radical (unpaired) electrons. The summed E-state index contributed by atoms with van der Waals surface area (Å²) in [5.41, 5.74) is 1.04. The van der Waals surface area contributed by atoms with Crippen molar-refractivity contribution in [3.05, 3.63) is 35.6 Å². The lowest BCUT2D eigenvalue weighted by atomic mass is 10.1. The van der Waals surface area contributed by atoms with Crippen LogP contribution in [0.3, 0.4) is 0 Å². The SMILES string of the molecule is CN=C(NCCCCCN1CCCCC1)NCc1ccc(F)cc1.I. The lowest BCUT2D eigenvalue weighted by molar-refractivity contribution is 0.224. The van der Waals surface area contributed by atoms with Crippen molar-refractivity contribution >= 4 is 29.9 Å². The van der Waals surface area contributed by atoms with Gasteiger partial charge in [0.25, 0.3) is 0 Å². The van der Waals surface area contributed by atoms with E-state index < -0.39 is 0 Å². The van der Waals surface area contributed by atoms with Gasteiger partial charge in [0.1, 0.15) is 5.82 Å². The minimum absolute atomic E-state index is 0. The Kier molecular flexibility index (Phi) is 11.8. The summed E-state index contributed by atoms with van der Waals surface area (Å²) in [6, 6.07) is 6.54. The second kappa shape index (κ2) is 13.3. The van der Waals surface area contributed by atoms with Crippen LogP contribution in [0.25, 0.3) is 0 Å². The zero-order valence-electron chi connectivity index (χ0n) is 15.3. The van der Waals surface area contributed by atoms with Crippen LogP contribution in [0, 0.1) is 5.82 Å². The maximum absolute atomic E-state index is 12.9. The van der Waals surface area contributed by atoms with Crippen molar-refractivity contribution < 1.29 is 4.39 Å². The van der Waals surface area contributed by atoms with Crippen molar-refractivity contribution in [1.82, 2.24) is 15.5 Å². The molecule has 0 amide bonds. The molecular weight excluding hydrogens is 430 g/mol. The van der Waals surface area contributed by atoms with E-state index in [1.54, 1.807) is 19.2 Å². The topological polar surface area (TPSA) is 39.7 Å². The average Bonchev–Trinajstić information content (AvgIpc) is 2.63. The summed E-state index contributed by atoms with van der Waals surface area (Å²) in [4.78, 5) is 6.82. The second-order valence-corrected chi connectivity index (χ2v) is 6.44. The van der Waals surface area contributed by atoms with Crippen LogP contribution in [0.1, 0.15) is 44.1 Å². The monoisotopic (exact) mass is 462 g/mol. The number of piperidine rings is 1. The van der Waals surface area contributed by atoms with Gasteiger partial charge in [0.2, 0.25) is 0 Å². The highest BCUT2D eigenvalue weighted by atomic mass is 127. The van der Waals surface area contributed by atoms with E-state index in [2.05, 4.69) is 20.5 Å². The molecule has 6 heteroatoms. The fourth-order valence-corrected chi connectivity index (χ4v) is 3.04. The van der Waals surface area contributed by atoms with Crippen molar-refractivity contribution in [2.24, 2.45) is 4.99 Å². The summed E-state index contributed by atoms with van der Waals surface area (Å²) in [5, 5.41) is 6.60. The number of hydrogen-bond acceptors (Lipinski definition) is 2. The fourth-order valence-electron chi connectivity index (χ4n) is 3.04. The van der Waals surface area contributed by atoms with Gasteiger partial charge in [-0.2, -0.15) is 0 Å². The number of rotatable bonds is 8. The molecule has 0 spiro atoms. The van der Waals surface area contributed by atoms with E-state index in [0.717, 1.165) is 24.5 Å². The molecule has 1 aliphatic rings. The number of hydrogen-bond donors (Lipinski definition) is 2. The highest BCUT2D eigenvalue weighted by Gasteiger charge is 2.08. The van der Waals surface area contributed by atoms with Gasteiger partial charge in [0.15, 0.2) is 5.96 Å². The smallest absolute Gasteiger partial charge is 0.191 e. The predicted molar refractivity (Wildman–Crippen MR) is 114 cm³/mol. The Labute approximate surface area is 168 Å². The molecule has 2 rings (SSSR count). The Bertz CT molecular complexity index is 487. The van der Waals surface area contributed by atoms with E-state index in [1.165, 1.54) is 63.9 Å². The third kappa shape index (κ3) is 9.39. The summed E-state index contributed by atoms with van der Waals surface area (Å²) >= 11 is 0. The zero-order chi connectivity index (χ0) is 17.0. The van der Waals surface area contributed by atoms with E-state index in [9.17, 15) is 4.39 Å². The van der Waals surface area contributed by atoms with E-state index >= 15 is 0 Å². The van der Waals surface area contributed by atoms with Crippen molar-refractivity contribution in [3.63, 3.8) is 0 Å². The quantitative estimate of drug-likeness (QED) is 0.268. The summed E-state index contributed by atoms with van der Waals surface area (Å²) < 4.78 is 12.9. The molecule has 0 unspecified atom stereocenters. The first kappa shape index (κ1) is 22.2. The van der Waals surface area contributed by atoms with Crippen molar-refractivity contribution in [3.8, 4) is 0 Å². The highest BCUT2D eigenvalue weighted by Crippen LogP contribution is 2.09. The molecule has 1 aromatic rings. The molecule has 0 saturated carbocycles. The number of nitrogens with one attached hydrogen (secondary N) is 2. The largest absolute Gasteiger partial charge is 0.356 e. The van der Waals surface area contributed by atoms with Crippen LogP contribution in [0.5, 0.6) is 0 Å². The Morgan fingerprint density at radius 1 is 1.04 bits per heavy atom. The molecule has 0 atom stereocenters. The van der Waals surface area contributed by atoms with E-state index in [4.69, 9.17) is 0 Å². The van der Waals surface area contributed by atoms with Crippen LogP contribution in [0.2, 0.25) is 0 Å². The Morgan fingerprint density at radius 3 is 2.44 bits per heavy atom. The summed E-state index contributed by atoms with van der Waals surface area (Å²) in [6.07, 6.45) is 7.84. The molecule has 4 nitrogen and oxygen atoms in total. The van der Waals surface area contributed by atoms with Crippen LogP contribution in [0.15, 0.2) is 29.3 Å². The number of aliphatic imine (C=N–C) groups is 1. The molecular formula is C19H32FIN4. The molecule has 142 valence electrons. The van der Waals surface area contributed by atoms with Crippen LogP contribution in [-0.4, -0.2) is 44.1 Å². The van der Waals surface area contributed by atoms with Gasteiger partial charge in [0.05, 0.1) is 0 Å². The minimum atomic E-state index is -0.203. The lowest BCUT2D eigenvalue weighted by Gasteiger charge is -2.26. The molecule has 1 fully saturated rings. The van der Waals surface area contributed by atoms with Crippen molar-refractivity contribution in [2.45, 2.75) is 45.1 Å². The van der Waals surface area contributed by atoms with Gasteiger partial charge in [-0.25, -0.2) is 4.39 Å². The molecule has 1 heterocycles. The van der Waals surface area contributed by atoms with Crippen LogP contribution < -0.4 is 10.6 Å². The third-order valence-electron chi connectivity index (χ3n) is 4.49. The number of unbranched alkanes of at least 4 members (excludes halogenated alkanes) is 2. The zero-order valence-corrected chi connectivity index (χ0v) is 17.6. The average molecular weight is 462 g/mol. The van der Waals surface area contributed by atoms with Gasteiger partial charge < -0.3 is 15.5 Å². The van der Waals surface area contributed by atoms with E-state index in [-0.39, 0.29) is 29.8 Å². The van der Waals surface area contributed by atoms with Gasteiger partial charge in [-0.3, -0.25) is 4.99 Å². The molecule has 2 N–H and O–H groups in total. The number of nitrogens with zero attached hydrogens (tertiary/aromatic N) is 2. The lowest BCUT2D eigenvalue weighted by Crippen LogP contribution is -2.37. The maximum atomic E-state index is 12.9. The first-order valence-corrected chi connectivity index (χ1v) is 9.19. The van der Waals surface area contributed by atoms with Gasteiger partial charge in [-0.15, -0.1) is 24.0 Å². The molecule has 25 heavy (non-hydrogen) atoms. The first-order chi connectivity index (χ1) is 11.8. The Hall–Kier alpha value is -0.890. The van der Waals surface area contributed by atoms with Crippen molar-refractivity contribution in [1.29, 1.82) is 0 Å². The summed E-state index contributed by atoms with van der Waals surface area (Å²) in [5.74, 6) is 0.598. The maximum Gasteiger partial charge on any atom is 0.191 e. The van der Waals surface area contributed by atoms with Crippen molar-refractivity contribution in [2.75, 3.05) is 33.2 Å². The predicted octanol–water partition coefficient (Wildman–Crippen LogP) is 3.76. The van der Waals surface area contributed by atoms with E-state index in [0.29, 0.717) is 6.54 Å². The molecule has 1 aromatic carbocycles. The number of likely N-dealkylation sites (tertiary alicyclic amines) is 1. The molecule has 1 saturated heterocycles. The summed E-state index contributed by atoms with van der Waals surface area (Å²) in [6.45, 7) is 5.41. The molecule has 0 bridgehead atoms. The number of halogens is 2. The molecule has 1 aliphatic heterocycles. The second-order valence-electron chi connectivity index (χ2n) is 6.44. The summed E-state index contributed by atoms with van der Waals surface area (Å²) in [7, 11) is 1.77. The first-order valence-electron chi connectivity index (χ1n) is 9.19. The minimum Gasteiger partial charge on any atom is -0.356 e. The highest BCUT2D eigenvalue weighted by molar-refractivity contribution is 14.0. The van der Waals surface area contributed by atoms with E-state index in [1.807, 2.05) is 0 Å². The Morgan fingerprint density at radius 2 is 1.76 bits per heavy atom. The number of guanidine groups is 1. The standard InChI is InChI=1S/C19H31FN4.HI/c1-21-19(23-16-17-8-10-18(20)11-9-17)22-12-4-2-5-13-24-14-6-3-7-15-24;/h8-11H,2-7,12-16H2,1H3,(H2,21,22,23);1H. The van der Waals surface area contributed by atoms with Gasteiger partial charge in [-0.05, 0) is 63.0 Å². The number of benzene rings is 1. The van der Waals surface area contributed by atoms with Gasteiger partial charge in [0, 0.05) is 20.1 Å². The fraction of sp³-hybridized carbons (Fsp3) is 0.632. The van der Waals surface area contributed by atoms with Gasteiger partial charge >= 0.3 is 0 Å². The third-order valence-corrected chi connectivity index (χ3v) is 4.49. The van der Waals surface area contributed by atoms with Crippen LogP contribution >= 0.6 is 24.0 Å². The normalized spacial score (nSPS) is 15.5. The van der Waals surface area contributed by atoms with Crippen LogP contribution in [-0.2, 0) is 6.54 Å². The Balaban J connectivity index is 0.00000312. The molecule has 0 aliphatic carbocycles. The molecule has 0 aromatic heterocycles.